The van der Waals surface area contributed by atoms with E-state index in [4.69, 9.17) is 0 Å². The first-order valence-electron chi connectivity index (χ1n) is 6.33. The molecule has 1 aliphatic rings. The predicted molar refractivity (Wildman–Crippen MR) is 68.9 cm³/mol. The van der Waals surface area contributed by atoms with E-state index in [1.54, 1.807) is 0 Å². The van der Waals surface area contributed by atoms with Gasteiger partial charge in [-0.3, -0.25) is 4.79 Å². The van der Waals surface area contributed by atoms with Gasteiger partial charge in [-0.1, -0.05) is 25.1 Å². The molecule has 1 unspecified atom stereocenters. The van der Waals surface area contributed by atoms with E-state index in [2.05, 4.69) is 19.2 Å². The first-order valence-corrected chi connectivity index (χ1v) is 6.33. The number of fused-ring (bicyclic) bond motifs is 1. The van der Waals surface area contributed by atoms with E-state index in [1.807, 2.05) is 29.2 Å². The number of carbonyl (C=O) groups excluding carboxylic acids is 1. The van der Waals surface area contributed by atoms with Gasteiger partial charge in [0, 0.05) is 31.2 Å². The maximum absolute atomic E-state index is 12.5. The molecule has 2 rings (SSSR count). The second kappa shape index (κ2) is 5.32. The molecule has 0 saturated heterocycles. The van der Waals surface area contributed by atoms with Crippen LogP contribution >= 0.6 is 0 Å². The minimum atomic E-state index is 0.177. The first-order chi connectivity index (χ1) is 8.24. The highest BCUT2D eigenvalue weighted by Crippen LogP contribution is 2.16. The van der Waals surface area contributed by atoms with Crippen molar-refractivity contribution in [2.45, 2.75) is 32.9 Å². The normalized spacial score (nSPS) is 18.2. The Hall–Kier alpha value is -1.35. The summed E-state index contributed by atoms with van der Waals surface area (Å²) in [6.07, 6.45) is 0.994. The second-order valence-electron chi connectivity index (χ2n) is 4.59. The minimum Gasteiger partial charge on any atom is -0.335 e. The van der Waals surface area contributed by atoms with Crippen LogP contribution in [-0.4, -0.2) is 29.9 Å². The Morgan fingerprint density at radius 3 is 2.94 bits per heavy atom. The summed E-state index contributed by atoms with van der Waals surface area (Å²) in [5.41, 5.74) is 1.95. The molecular formula is C14H20N2O. The zero-order chi connectivity index (χ0) is 12.3. The standard InChI is InChI=1S/C14H20N2O/c1-3-11(2)16-9-8-15-10-12-6-4-5-7-13(12)14(16)17/h4-7,11,15H,3,8-10H2,1-2H3. The summed E-state index contributed by atoms with van der Waals surface area (Å²) in [6.45, 7) is 6.68. The third-order valence-corrected chi connectivity index (χ3v) is 3.48. The summed E-state index contributed by atoms with van der Waals surface area (Å²) in [7, 11) is 0. The number of carbonyl (C=O) groups is 1. The maximum atomic E-state index is 12.5. The summed E-state index contributed by atoms with van der Waals surface area (Å²) in [6, 6.07) is 8.19. The summed E-state index contributed by atoms with van der Waals surface area (Å²) in [5.74, 6) is 0.177. The number of hydrogen-bond acceptors (Lipinski definition) is 2. The van der Waals surface area contributed by atoms with Crippen molar-refractivity contribution in [2.24, 2.45) is 0 Å². The van der Waals surface area contributed by atoms with E-state index < -0.39 is 0 Å². The van der Waals surface area contributed by atoms with Gasteiger partial charge in [0.2, 0.25) is 0 Å². The topological polar surface area (TPSA) is 32.3 Å². The first kappa shape index (κ1) is 12.1. The Kier molecular flexibility index (Phi) is 3.79. The number of nitrogens with zero attached hydrogens (tertiary/aromatic N) is 1. The average molecular weight is 232 g/mol. The van der Waals surface area contributed by atoms with Crippen LogP contribution in [0.3, 0.4) is 0 Å². The Balaban J connectivity index is 2.33. The summed E-state index contributed by atoms with van der Waals surface area (Å²) in [5, 5.41) is 3.38. The number of rotatable bonds is 2. The number of nitrogens with one attached hydrogen (secondary N) is 1. The van der Waals surface area contributed by atoms with Crippen LogP contribution in [0.25, 0.3) is 0 Å². The molecule has 3 nitrogen and oxygen atoms in total. The van der Waals surface area contributed by atoms with Gasteiger partial charge in [-0.05, 0) is 25.0 Å². The fraction of sp³-hybridized carbons (Fsp3) is 0.500. The molecule has 0 radical (unpaired) electrons. The monoisotopic (exact) mass is 232 g/mol. The van der Waals surface area contributed by atoms with E-state index in [-0.39, 0.29) is 5.91 Å². The van der Waals surface area contributed by atoms with Gasteiger partial charge in [0.15, 0.2) is 0 Å². The van der Waals surface area contributed by atoms with Crippen molar-refractivity contribution in [1.82, 2.24) is 10.2 Å². The van der Waals surface area contributed by atoms with E-state index in [9.17, 15) is 4.79 Å². The lowest BCUT2D eigenvalue weighted by Gasteiger charge is -2.31. The van der Waals surface area contributed by atoms with Crippen molar-refractivity contribution in [3.63, 3.8) is 0 Å². The van der Waals surface area contributed by atoms with Crippen molar-refractivity contribution in [3.8, 4) is 0 Å². The lowest BCUT2D eigenvalue weighted by Crippen LogP contribution is -2.44. The molecule has 1 aromatic carbocycles. The molecule has 1 amide bonds. The molecule has 0 saturated carbocycles. The molecule has 0 aromatic heterocycles. The molecule has 1 aliphatic heterocycles. The lowest BCUT2D eigenvalue weighted by atomic mass is 10.0. The predicted octanol–water partition coefficient (Wildman–Crippen LogP) is 2.03. The van der Waals surface area contributed by atoms with Gasteiger partial charge in [-0.2, -0.15) is 0 Å². The molecular weight excluding hydrogens is 212 g/mol. The highest BCUT2D eigenvalue weighted by Gasteiger charge is 2.23. The quantitative estimate of drug-likeness (QED) is 0.846. The van der Waals surface area contributed by atoms with E-state index in [1.165, 1.54) is 0 Å². The molecule has 0 bridgehead atoms. The van der Waals surface area contributed by atoms with Crippen LogP contribution in [0.4, 0.5) is 0 Å². The Labute approximate surface area is 103 Å². The van der Waals surface area contributed by atoms with Crippen LogP contribution in [0.2, 0.25) is 0 Å². The van der Waals surface area contributed by atoms with E-state index >= 15 is 0 Å². The highest BCUT2D eigenvalue weighted by molar-refractivity contribution is 5.96. The van der Waals surface area contributed by atoms with Gasteiger partial charge < -0.3 is 10.2 Å². The van der Waals surface area contributed by atoms with Crippen LogP contribution in [-0.2, 0) is 6.54 Å². The Bertz CT molecular complexity index is 403. The second-order valence-corrected chi connectivity index (χ2v) is 4.59. The van der Waals surface area contributed by atoms with Crippen LogP contribution in [0.1, 0.15) is 36.2 Å². The SMILES string of the molecule is CCC(C)N1CCNCc2ccccc2C1=O. The molecule has 1 atom stereocenters. The molecule has 1 heterocycles. The van der Waals surface area contributed by atoms with Crippen LogP contribution in [0, 0.1) is 0 Å². The third-order valence-electron chi connectivity index (χ3n) is 3.48. The zero-order valence-electron chi connectivity index (χ0n) is 10.6. The van der Waals surface area contributed by atoms with Gasteiger partial charge in [0.1, 0.15) is 0 Å². The van der Waals surface area contributed by atoms with Crippen molar-refractivity contribution >= 4 is 5.91 Å². The molecule has 3 heteroatoms. The fourth-order valence-electron chi connectivity index (χ4n) is 2.20. The Morgan fingerprint density at radius 1 is 1.41 bits per heavy atom. The van der Waals surface area contributed by atoms with Gasteiger partial charge in [-0.25, -0.2) is 0 Å². The summed E-state index contributed by atoms with van der Waals surface area (Å²) < 4.78 is 0. The van der Waals surface area contributed by atoms with E-state index in [0.717, 1.165) is 37.2 Å². The molecule has 1 N–H and O–H groups in total. The number of benzene rings is 1. The molecule has 17 heavy (non-hydrogen) atoms. The third kappa shape index (κ3) is 2.50. The molecule has 0 fully saturated rings. The Morgan fingerprint density at radius 2 is 2.18 bits per heavy atom. The van der Waals surface area contributed by atoms with Crippen molar-refractivity contribution in [2.75, 3.05) is 13.1 Å². The molecule has 0 spiro atoms. The van der Waals surface area contributed by atoms with Crippen LogP contribution in [0.5, 0.6) is 0 Å². The van der Waals surface area contributed by atoms with Gasteiger partial charge in [0.25, 0.3) is 5.91 Å². The summed E-state index contributed by atoms with van der Waals surface area (Å²) in [4.78, 5) is 14.5. The molecule has 1 aromatic rings. The van der Waals surface area contributed by atoms with Crippen molar-refractivity contribution in [1.29, 1.82) is 0 Å². The summed E-state index contributed by atoms with van der Waals surface area (Å²) >= 11 is 0. The smallest absolute Gasteiger partial charge is 0.254 e. The average Bonchev–Trinajstić information content (AvgIpc) is 2.35. The fourth-order valence-corrected chi connectivity index (χ4v) is 2.20. The largest absolute Gasteiger partial charge is 0.335 e. The van der Waals surface area contributed by atoms with Gasteiger partial charge in [-0.15, -0.1) is 0 Å². The van der Waals surface area contributed by atoms with Crippen molar-refractivity contribution in [3.05, 3.63) is 35.4 Å². The highest BCUT2D eigenvalue weighted by atomic mass is 16.2. The van der Waals surface area contributed by atoms with Gasteiger partial charge in [0.05, 0.1) is 0 Å². The van der Waals surface area contributed by atoms with E-state index in [0.29, 0.717) is 6.04 Å². The van der Waals surface area contributed by atoms with Crippen LogP contribution in [0.15, 0.2) is 24.3 Å². The minimum absolute atomic E-state index is 0.177. The molecule has 92 valence electrons. The number of amides is 1. The van der Waals surface area contributed by atoms with Gasteiger partial charge >= 0.3 is 0 Å². The lowest BCUT2D eigenvalue weighted by molar-refractivity contribution is 0.0683. The maximum Gasteiger partial charge on any atom is 0.254 e. The molecule has 0 aliphatic carbocycles. The zero-order valence-corrected chi connectivity index (χ0v) is 10.6. The van der Waals surface area contributed by atoms with Crippen LogP contribution < -0.4 is 5.32 Å². The number of hydrogen-bond donors (Lipinski definition) is 1. The van der Waals surface area contributed by atoms with Crippen molar-refractivity contribution < 1.29 is 4.79 Å².